The molecule has 0 radical (unpaired) electrons. The average Bonchev–Trinajstić information content (AvgIpc) is 2.32. The highest BCUT2D eigenvalue weighted by molar-refractivity contribution is 5.36. The minimum Gasteiger partial charge on any atom is -0.468 e. The van der Waals surface area contributed by atoms with E-state index in [9.17, 15) is 4.79 Å². The van der Waals surface area contributed by atoms with Gasteiger partial charge in [0.1, 0.15) is 0 Å². The molecule has 2 nitrogen and oxygen atoms in total. The summed E-state index contributed by atoms with van der Waals surface area (Å²) in [5, 5.41) is 0. The fourth-order valence-corrected chi connectivity index (χ4v) is 2.29. The van der Waals surface area contributed by atoms with Gasteiger partial charge in [-0.1, -0.05) is 51.4 Å². The molecular weight excluding hydrogens is 176 g/mol. The Balaban J connectivity index is 2.14. The van der Waals surface area contributed by atoms with Gasteiger partial charge in [0, 0.05) is 0 Å². The molecule has 1 saturated carbocycles. The lowest BCUT2D eigenvalue weighted by Gasteiger charge is -2.14. The highest BCUT2D eigenvalue weighted by Gasteiger charge is 2.10. The zero-order chi connectivity index (χ0) is 10.1. The zero-order valence-corrected chi connectivity index (χ0v) is 9.04. The lowest BCUT2D eigenvalue weighted by molar-refractivity contribution is -0.129. The van der Waals surface area contributed by atoms with Gasteiger partial charge in [-0.3, -0.25) is 4.79 Å². The average molecular weight is 198 g/mol. The highest BCUT2D eigenvalue weighted by atomic mass is 16.5. The molecule has 0 N–H and O–H groups in total. The topological polar surface area (TPSA) is 26.3 Å². The van der Waals surface area contributed by atoms with Crippen molar-refractivity contribution in [2.45, 2.75) is 57.8 Å². The van der Waals surface area contributed by atoms with E-state index in [4.69, 9.17) is 4.74 Å². The van der Waals surface area contributed by atoms with Crippen LogP contribution in [0.5, 0.6) is 0 Å². The van der Waals surface area contributed by atoms with E-state index >= 15 is 0 Å². The van der Waals surface area contributed by atoms with Crippen LogP contribution < -0.4 is 0 Å². The maximum absolute atomic E-state index is 10.0. The molecule has 1 rings (SSSR count). The van der Waals surface area contributed by atoms with Crippen LogP contribution in [0.4, 0.5) is 0 Å². The van der Waals surface area contributed by atoms with E-state index in [0.29, 0.717) is 13.1 Å². The molecular formula is C12H22O2. The van der Waals surface area contributed by atoms with Crippen LogP contribution in [0.25, 0.3) is 0 Å². The molecule has 1 aliphatic rings. The third-order valence-electron chi connectivity index (χ3n) is 3.19. The molecule has 0 amide bonds. The van der Waals surface area contributed by atoms with Crippen molar-refractivity contribution < 1.29 is 9.53 Å². The number of carbonyl (C=O) groups excluding carboxylic acids is 1. The van der Waals surface area contributed by atoms with Crippen LogP contribution in [0.1, 0.15) is 57.8 Å². The van der Waals surface area contributed by atoms with Gasteiger partial charge in [0.25, 0.3) is 6.47 Å². The van der Waals surface area contributed by atoms with E-state index < -0.39 is 0 Å². The van der Waals surface area contributed by atoms with Crippen molar-refractivity contribution in [2.24, 2.45) is 5.92 Å². The smallest absolute Gasteiger partial charge is 0.293 e. The van der Waals surface area contributed by atoms with Gasteiger partial charge in [-0.25, -0.2) is 0 Å². The molecule has 2 heteroatoms. The maximum Gasteiger partial charge on any atom is 0.293 e. The molecule has 0 bridgehead atoms. The van der Waals surface area contributed by atoms with Crippen LogP contribution >= 0.6 is 0 Å². The molecule has 1 fully saturated rings. The van der Waals surface area contributed by atoms with Crippen molar-refractivity contribution >= 4 is 6.47 Å². The fraction of sp³-hybridized carbons (Fsp3) is 0.917. The molecule has 82 valence electrons. The first kappa shape index (κ1) is 11.5. The second-order valence-corrected chi connectivity index (χ2v) is 4.32. The molecule has 0 saturated heterocycles. The summed E-state index contributed by atoms with van der Waals surface area (Å²) in [6.45, 7) is 1.18. The largest absolute Gasteiger partial charge is 0.468 e. The Kier molecular flexibility index (Phi) is 6.46. The quantitative estimate of drug-likeness (QED) is 0.512. The maximum atomic E-state index is 10.0. The van der Waals surface area contributed by atoms with Crippen molar-refractivity contribution in [2.75, 3.05) is 6.61 Å². The Morgan fingerprint density at radius 3 is 2.14 bits per heavy atom. The molecule has 0 aliphatic heterocycles. The summed E-state index contributed by atoms with van der Waals surface area (Å²) in [6, 6.07) is 0. The van der Waals surface area contributed by atoms with Crippen LogP contribution in [0.15, 0.2) is 0 Å². The summed E-state index contributed by atoms with van der Waals surface area (Å²) in [6.07, 6.45) is 12.1. The van der Waals surface area contributed by atoms with Crippen molar-refractivity contribution in [3.8, 4) is 0 Å². The Labute approximate surface area is 87.0 Å². The van der Waals surface area contributed by atoms with Gasteiger partial charge in [-0.15, -0.1) is 0 Å². The standard InChI is InChI=1S/C12H22O2/c13-11-14-10-9-12-7-5-3-1-2-4-6-8-12/h11-12H,1-10H2. The monoisotopic (exact) mass is 198 g/mol. The van der Waals surface area contributed by atoms with E-state index in [1.165, 1.54) is 51.4 Å². The Hall–Kier alpha value is -0.530. The number of rotatable bonds is 4. The first-order chi connectivity index (χ1) is 6.93. The van der Waals surface area contributed by atoms with Crippen LogP contribution in [-0.4, -0.2) is 13.1 Å². The third-order valence-corrected chi connectivity index (χ3v) is 3.19. The summed E-state index contributed by atoms with van der Waals surface area (Å²) in [5.74, 6) is 0.799. The molecule has 0 heterocycles. The summed E-state index contributed by atoms with van der Waals surface area (Å²) in [4.78, 5) is 10.0. The van der Waals surface area contributed by atoms with Crippen LogP contribution in [0.3, 0.4) is 0 Å². The Morgan fingerprint density at radius 1 is 1.00 bits per heavy atom. The molecule has 0 aromatic heterocycles. The molecule has 0 spiro atoms. The van der Waals surface area contributed by atoms with Crippen LogP contribution in [0, 0.1) is 5.92 Å². The van der Waals surface area contributed by atoms with E-state index in [1.54, 1.807) is 0 Å². The first-order valence-electron chi connectivity index (χ1n) is 5.98. The molecule has 1 aliphatic carbocycles. The predicted octanol–water partition coefficient (Wildman–Crippen LogP) is 3.30. The number of hydrogen-bond donors (Lipinski definition) is 0. The minimum absolute atomic E-state index is 0.565. The number of hydrogen-bond acceptors (Lipinski definition) is 2. The fourth-order valence-electron chi connectivity index (χ4n) is 2.29. The third kappa shape index (κ3) is 5.25. The normalized spacial score (nSPS) is 20.6. The second kappa shape index (κ2) is 7.84. The summed E-state index contributed by atoms with van der Waals surface area (Å²) < 4.78 is 4.76. The second-order valence-electron chi connectivity index (χ2n) is 4.32. The molecule has 14 heavy (non-hydrogen) atoms. The van der Waals surface area contributed by atoms with Gasteiger partial charge in [0.15, 0.2) is 0 Å². The van der Waals surface area contributed by atoms with Crippen molar-refractivity contribution in [1.29, 1.82) is 0 Å². The Bertz CT molecular complexity index is 135. The van der Waals surface area contributed by atoms with Crippen LogP contribution in [0.2, 0.25) is 0 Å². The summed E-state index contributed by atoms with van der Waals surface area (Å²) in [7, 11) is 0. The molecule has 0 unspecified atom stereocenters. The van der Waals surface area contributed by atoms with Gasteiger partial charge in [0.05, 0.1) is 6.61 Å². The molecule has 0 aromatic rings. The Morgan fingerprint density at radius 2 is 1.57 bits per heavy atom. The van der Waals surface area contributed by atoms with Gasteiger partial charge >= 0.3 is 0 Å². The molecule has 0 atom stereocenters. The van der Waals surface area contributed by atoms with E-state index in [2.05, 4.69) is 0 Å². The lowest BCUT2D eigenvalue weighted by atomic mass is 9.94. The SMILES string of the molecule is O=COCCC1CCCCCCCC1. The van der Waals surface area contributed by atoms with Crippen LogP contribution in [-0.2, 0) is 9.53 Å². The highest BCUT2D eigenvalue weighted by Crippen LogP contribution is 2.23. The lowest BCUT2D eigenvalue weighted by Crippen LogP contribution is -2.05. The van der Waals surface area contributed by atoms with Crippen molar-refractivity contribution in [1.82, 2.24) is 0 Å². The number of ether oxygens (including phenoxy) is 1. The first-order valence-corrected chi connectivity index (χ1v) is 5.98. The minimum atomic E-state index is 0.565. The van der Waals surface area contributed by atoms with E-state index in [1.807, 2.05) is 0 Å². The van der Waals surface area contributed by atoms with Crippen molar-refractivity contribution in [3.05, 3.63) is 0 Å². The number of carbonyl (C=O) groups is 1. The van der Waals surface area contributed by atoms with Gasteiger partial charge in [0.2, 0.25) is 0 Å². The van der Waals surface area contributed by atoms with Gasteiger partial charge in [-0.05, 0) is 12.3 Å². The zero-order valence-electron chi connectivity index (χ0n) is 9.04. The summed E-state index contributed by atoms with van der Waals surface area (Å²) >= 11 is 0. The van der Waals surface area contributed by atoms with Gasteiger partial charge in [-0.2, -0.15) is 0 Å². The predicted molar refractivity (Wildman–Crippen MR) is 57.1 cm³/mol. The molecule has 0 aromatic carbocycles. The van der Waals surface area contributed by atoms with Gasteiger partial charge < -0.3 is 4.74 Å². The summed E-state index contributed by atoms with van der Waals surface area (Å²) in [5.41, 5.74) is 0. The van der Waals surface area contributed by atoms with Crippen molar-refractivity contribution in [3.63, 3.8) is 0 Å². The van der Waals surface area contributed by atoms with E-state index in [0.717, 1.165) is 12.3 Å². The van der Waals surface area contributed by atoms with E-state index in [-0.39, 0.29) is 0 Å².